The molecule has 0 bridgehead atoms. The molecule has 0 saturated heterocycles. The third-order valence-corrected chi connectivity index (χ3v) is 3.42. The number of rotatable bonds is 3. The van der Waals surface area contributed by atoms with Crippen molar-refractivity contribution < 1.29 is 8.94 Å². The second-order valence-corrected chi connectivity index (χ2v) is 4.79. The molecule has 90 valence electrons. The Hall–Kier alpha value is -1.62. The van der Waals surface area contributed by atoms with Gasteiger partial charge in [0.25, 0.3) is 0 Å². The molecule has 5 heteroatoms. The molecule has 0 atom stereocenters. The van der Waals surface area contributed by atoms with E-state index in [0.29, 0.717) is 18.1 Å². The summed E-state index contributed by atoms with van der Waals surface area (Å²) in [6.45, 7) is 1.88. The maximum atomic E-state index is 6.15. The number of nitrogens with two attached hydrogens (primary N) is 1. The van der Waals surface area contributed by atoms with Gasteiger partial charge in [0.2, 0.25) is 11.7 Å². The number of hydrogen-bond donors (Lipinski definition) is 1. The van der Waals surface area contributed by atoms with Gasteiger partial charge in [0.15, 0.2) is 0 Å². The van der Waals surface area contributed by atoms with E-state index in [1.54, 1.807) is 6.26 Å². The van der Waals surface area contributed by atoms with Crippen LogP contribution >= 0.6 is 0 Å². The third kappa shape index (κ3) is 1.86. The van der Waals surface area contributed by atoms with Crippen LogP contribution in [0.2, 0.25) is 0 Å². The number of aromatic nitrogens is 2. The van der Waals surface area contributed by atoms with Gasteiger partial charge in [-0.15, -0.1) is 0 Å². The summed E-state index contributed by atoms with van der Waals surface area (Å²) in [4.78, 5) is 4.36. The van der Waals surface area contributed by atoms with Gasteiger partial charge in [-0.3, -0.25) is 0 Å². The van der Waals surface area contributed by atoms with E-state index in [0.717, 1.165) is 24.2 Å². The van der Waals surface area contributed by atoms with Crippen LogP contribution in [-0.2, 0) is 6.42 Å². The van der Waals surface area contributed by atoms with Crippen LogP contribution in [0.4, 0.5) is 0 Å². The summed E-state index contributed by atoms with van der Waals surface area (Å²) in [5.74, 6) is 1.99. The highest BCUT2D eigenvalue weighted by Crippen LogP contribution is 2.32. The van der Waals surface area contributed by atoms with Gasteiger partial charge in [-0.2, -0.15) is 4.98 Å². The summed E-state index contributed by atoms with van der Waals surface area (Å²) >= 11 is 0. The summed E-state index contributed by atoms with van der Waals surface area (Å²) in [5.41, 5.74) is 6.89. The van der Waals surface area contributed by atoms with Gasteiger partial charge in [-0.25, -0.2) is 0 Å². The number of aryl methyl sites for hydroxylation is 1. The van der Waals surface area contributed by atoms with Gasteiger partial charge >= 0.3 is 0 Å². The zero-order chi connectivity index (χ0) is 11.9. The predicted octanol–water partition coefficient (Wildman–Crippen LogP) is 2.06. The topological polar surface area (TPSA) is 78.1 Å². The number of hydrogen-bond acceptors (Lipinski definition) is 5. The van der Waals surface area contributed by atoms with Crippen molar-refractivity contribution in [2.45, 2.75) is 38.1 Å². The molecule has 1 aliphatic rings. The minimum Gasteiger partial charge on any atom is -0.469 e. The van der Waals surface area contributed by atoms with Crippen molar-refractivity contribution in [3.8, 4) is 11.4 Å². The van der Waals surface area contributed by atoms with Crippen LogP contribution in [-0.4, -0.2) is 15.7 Å². The van der Waals surface area contributed by atoms with E-state index in [4.69, 9.17) is 14.7 Å². The zero-order valence-corrected chi connectivity index (χ0v) is 9.77. The first-order valence-electron chi connectivity index (χ1n) is 5.82. The molecule has 0 spiro atoms. The van der Waals surface area contributed by atoms with Crippen molar-refractivity contribution in [2.24, 2.45) is 5.73 Å². The molecule has 0 amide bonds. The predicted molar refractivity (Wildman–Crippen MR) is 61.2 cm³/mol. The number of furan rings is 1. The van der Waals surface area contributed by atoms with Gasteiger partial charge in [0.1, 0.15) is 5.76 Å². The molecule has 5 nitrogen and oxygen atoms in total. The normalized spacial score (nSPS) is 18.0. The average molecular weight is 233 g/mol. The minimum atomic E-state index is -0.130. The fourth-order valence-electron chi connectivity index (χ4n) is 2.16. The molecular weight excluding hydrogens is 218 g/mol. The van der Waals surface area contributed by atoms with Crippen LogP contribution in [0.15, 0.2) is 21.3 Å². The van der Waals surface area contributed by atoms with E-state index in [-0.39, 0.29) is 5.54 Å². The standard InChI is InChI=1S/C12H15N3O2/c1-8-9(3-6-16-8)11-14-10(17-15-11)7-12(13)4-2-5-12/h3,6H,2,4-5,7,13H2,1H3. The lowest BCUT2D eigenvalue weighted by molar-refractivity contribution is 0.222. The maximum absolute atomic E-state index is 6.15. The molecule has 0 radical (unpaired) electrons. The van der Waals surface area contributed by atoms with Crippen molar-refractivity contribution in [1.82, 2.24) is 10.1 Å². The monoisotopic (exact) mass is 233 g/mol. The summed E-state index contributed by atoms with van der Waals surface area (Å²) in [5, 5.41) is 3.96. The van der Waals surface area contributed by atoms with Crippen molar-refractivity contribution in [1.29, 1.82) is 0 Å². The fraction of sp³-hybridized carbons (Fsp3) is 0.500. The van der Waals surface area contributed by atoms with Crippen LogP contribution in [0.3, 0.4) is 0 Å². The number of nitrogens with zero attached hydrogens (tertiary/aromatic N) is 2. The van der Waals surface area contributed by atoms with E-state index in [2.05, 4.69) is 10.1 Å². The second kappa shape index (κ2) is 3.70. The molecule has 1 saturated carbocycles. The molecule has 2 aromatic rings. The Balaban J connectivity index is 1.81. The highest BCUT2D eigenvalue weighted by Gasteiger charge is 2.34. The molecule has 1 fully saturated rings. The van der Waals surface area contributed by atoms with Crippen LogP contribution in [0.5, 0.6) is 0 Å². The first-order valence-corrected chi connectivity index (χ1v) is 5.82. The molecular formula is C12H15N3O2. The highest BCUT2D eigenvalue weighted by molar-refractivity contribution is 5.56. The SMILES string of the molecule is Cc1occc1-c1noc(CC2(N)CCC2)n1. The average Bonchev–Trinajstić information content (AvgIpc) is 2.84. The van der Waals surface area contributed by atoms with Gasteiger partial charge in [-0.05, 0) is 32.3 Å². The molecule has 3 rings (SSSR count). The zero-order valence-electron chi connectivity index (χ0n) is 9.77. The molecule has 0 aromatic carbocycles. The molecule has 0 unspecified atom stereocenters. The Morgan fingerprint density at radius 2 is 2.29 bits per heavy atom. The third-order valence-electron chi connectivity index (χ3n) is 3.42. The highest BCUT2D eigenvalue weighted by atomic mass is 16.5. The van der Waals surface area contributed by atoms with Crippen LogP contribution in [0.25, 0.3) is 11.4 Å². The minimum absolute atomic E-state index is 0.130. The van der Waals surface area contributed by atoms with E-state index < -0.39 is 0 Å². The van der Waals surface area contributed by atoms with Gasteiger partial charge in [-0.1, -0.05) is 5.16 Å². The van der Waals surface area contributed by atoms with E-state index in [9.17, 15) is 0 Å². The lowest BCUT2D eigenvalue weighted by atomic mass is 9.75. The van der Waals surface area contributed by atoms with Crippen molar-refractivity contribution in [3.05, 3.63) is 24.0 Å². The quantitative estimate of drug-likeness (QED) is 0.877. The van der Waals surface area contributed by atoms with E-state index >= 15 is 0 Å². The first-order chi connectivity index (χ1) is 8.16. The first kappa shape index (κ1) is 10.5. The van der Waals surface area contributed by atoms with E-state index in [1.165, 1.54) is 6.42 Å². The molecule has 17 heavy (non-hydrogen) atoms. The summed E-state index contributed by atoms with van der Waals surface area (Å²) < 4.78 is 10.4. The molecule has 2 N–H and O–H groups in total. The van der Waals surface area contributed by atoms with Gasteiger partial charge < -0.3 is 14.7 Å². The Morgan fingerprint density at radius 1 is 1.47 bits per heavy atom. The van der Waals surface area contributed by atoms with Crippen LogP contribution < -0.4 is 5.73 Å². The fourth-order valence-corrected chi connectivity index (χ4v) is 2.16. The lowest BCUT2D eigenvalue weighted by Crippen LogP contribution is -2.48. The summed E-state index contributed by atoms with van der Waals surface area (Å²) in [6.07, 6.45) is 5.55. The van der Waals surface area contributed by atoms with Crippen molar-refractivity contribution >= 4 is 0 Å². The van der Waals surface area contributed by atoms with Gasteiger partial charge in [0.05, 0.1) is 11.8 Å². The molecule has 2 aromatic heterocycles. The van der Waals surface area contributed by atoms with Crippen molar-refractivity contribution in [3.63, 3.8) is 0 Å². The molecule has 0 aliphatic heterocycles. The van der Waals surface area contributed by atoms with E-state index in [1.807, 2.05) is 13.0 Å². The molecule has 1 aliphatic carbocycles. The van der Waals surface area contributed by atoms with Crippen LogP contribution in [0.1, 0.15) is 30.9 Å². The summed E-state index contributed by atoms with van der Waals surface area (Å²) in [7, 11) is 0. The Morgan fingerprint density at radius 3 is 2.88 bits per heavy atom. The van der Waals surface area contributed by atoms with Gasteiger partial charge in [0, 0.05) is 12.0 Å². The maximum Gasteiger partial charge on any atom is 0.228 e. The summed E-state index contributed by atoms with van der Waals surface area (Å²) in [6, 6.07) is 1.84. The smallest absolute Gasteiger partial charge is 0.228 e. The second-order valence-electron chi connectivity index (χ2n) is 4.79. The Labute approximate surface area is 99.0 Å². The van der Waals surface area contributed by atoms with Crippen LogP contribution in [0, 0.1) is 6.92 Å². The Kier molecular flexibility index (Phi) is 2.29. The molecule has 2 heterocycles. The lowest BCUT2D eigenvalue weighted by Gasteiger charge is -2.36. The Bertz CT molecular complexity index is 525. The van der Waals surface area contributed by atoms with Crippen molar-refractivity contribution in [2.75, 3.05) is 0 Å². The largest absolute Gasteiger partial charge is 0.469 e.